The zero-order chi connectivity index (χ0) is 13.4. The van der Waals surface area contributed by atoms with Crippen LogP contribution in [0.15, 0.2) is 12.3 Å². The zero-order valence-corrected chi connectivity index (χ0v) is 11.2. The second-order valence-electron chi connectivity index (χ2n) is 4.44. The van der Waals surface area contributed by atoms with E-state index >= 15 is 0 Å². The van der Waals surface area contributed by atoms with E-state index in [4.69, 9.17) is 9.47 Å². The van der Waals surface area contributed by atoms with E-state index < -0.39 is 5.82 Å². The molecule has 0 unspecified atom stereocenters. The molecule has 102 valence electrons. The minimum atomic E-state index is -0.407. The molecule has 18 heavy (non-hydrogen) atoms. The molecule has 0 amide bonds. The zero-order valence-electron chi connectivity index (χ0n) is 11.2. The van der Waals surface area contributed by atoms with Gasteiger partial charge in [0.25, 0.3) is 5.88 Å². The number of aromatic nitrogens is 1. The molecule has 5 heteroatoms. The van der Waals surface area contributed by atoms with Crippen molar-refractivity contribution >= 4 is 0 Å². The Hall–Kier alpha value is -1.20. The molecule has 0 radical (unpaired) electrons. The fourth-order valence-corrected chi connectivity index (χ4v) is 1.41. The van der Waals surface area contributed by atoms with E-state index in [1.807, 2.05) is 0 Å². The van der Waals surface area contributed by atoms with Crippen LogP contribution in [0, 0.1) is 11.7 Å². The van der Waals surface area contributed by atoms with Gasteiger partial charge in [-0.2, -0.15) is 0 Å². The van der Waals surface area contributed by atoms with Crippen LogP contribution < -0.4 is 10.1 Å². The fourth-order valence-electron chi connectivity index (χ4n) is 1.41. The second kappa shape index (κ2) is 8.00. The van der Waals surface area contributed by atoms with Crippen molar-refractivity contribution in [2.24, 2.45) is 5.92 Å². The van der Waals surface area contributed by atoms with Gasteiger partial charge in [-0.3, -0.25) is 0 Å². The minimum Gasteiger partial charge on any atom is -0.473 e. The molecular weight excluding hydrogens is 235 g/mol. The number of halogens is 1. The largest absolute Gasteiger partial charge is 0.473 e. The summed E-state index contributed by atoms with van der Waals surface area (Å²) in [6.07, 6.45) is 1.54. The van der Waals surface area contributed by atoms with E-state index in [-0.39, 0.29) is 5.88 Å². The van der Waals surface area contributed by atoms with Crippen LogP contribution in [0.25, 0.3) is 0 Å². The van der Waals surface area contributed by atoms with Crippen LogP contribution in [-0.2, 0) is 11.3 Å². The first-order valence-electron chi connectivity index (χ1n) is 6.13. The Labute approximate surface area is 108 Å². The van der Waals surface area contributed by atoms with E-state index in [9.17, 15) is 4.39 Å². The summed E-state index contributed by atoms with van der Waals surface area (Å²) in [6, 6.07) is 1.63. The molecule has 0 spiro atoms. The highest BCUT2D eigenvalue weighted by molar-refractivity contribution is 5.23. The van der Waals surface area contributed by atoms with Crippen LogP contribution >= 0.6 is 0 Å². The third kappa shape index (κ3) is 4.98. The first kappa shape index (κ1) is 14.9. The minimum absolute atomic E-state index is 0.0379. The molecule has 4 nitrogen and oxygen atoms in total. The fraction of sp³-hybridized carbons (Fsp3) is 0.615. The van der Waals surface area contributed by atoms with Gasteiger partial charge in [-0.25, -0.2) is 9.37 Å². The summed E-state index contributed by atoms with van der Waals surface area (Å²) in [5.74, 6) is 0.116. The van der Waals surface area contributed by atoms with Crippen molar-refractivity contribution in [3.05, 3.63) is 23.6 Å². The maximum atomic E-state index is 13.8. The molecule has 1 aromatic heterocycles. The SMILES string of the molecule is CNCc1ccnc(OCCOCC(C)C)c1F. The van der Waals surface area contributed by atoms with Gasteiger partial charge in [-0.1, -0.05) is 13.8 Å². The summed E-state index contributed by atoms with van der Waals surface area (Å²) in [4.78, 5) is 3.87. The Morgan fingerprint density at radius 3 is 2.83 bits per heavy atom. The average molecular weight is 256 g/mol. The normalized spacial score (nSPS) is 10.9. The quantitative estimate of drug-likeness (QED) is 0.722. The summed E-state index contributed by atoms with van der Waals surface area (Å²) < 4.78 is 24.4. The van der Waals surface area contributed by atoms with Crippen molar-refractivity contribution in [1.82, 2.24) is 10.3 Å². The molecule has 0 saturated carbocycles. The van der Waals surface area contributed by atoms with Crippen LogP contribution in [0.1, 0.15) is 19.4 Å². The Morgan fingerprint density at radius 2 is 2.17 bits per heavy atom. The Kier molecular flexibility index (Phi) is 6.60. The number of rotatable bonds is 8. The lowest BCUT2D eigenvalue weighted by atomic mass is 10.2. The summed E-state index contributed by atoms with van der Waals surface area (Å²) in [5, 5.41) is 2.89. The summed E-state index contributed by atoms with van der Waals surface area (Å²) in [7, 11) is 1.76. The van der Waals surface area contributed by atoms with Crippen LogP contribution in [0.3, 0.4) is 0 Å². The van der Waals surface area contributed by atoms with Gasteiger partial charge >= 0.3 is 0 Å². The van der Waals surface area contributed by atoms with Crippen molar-refractivity contribution in [3.63, 3.8) is 0 Å². The van der Waals surface area contributed by atoms with Gasteiger partial charge in [0.2, 0.25) is 0 Å². The number of pyridine rings is 1. The second-order valence-corrected chi connectivity index (χ2v) is 4.44. The maximum Gasteiger partial charge on any atom is 0.250 e. The van der Waals surface area contributed by atoms with E-state index in [1.54, 1.807) is 19.3 Å². The maximum absolute atomic E-state index is 13.8. The van der Waals surface area contributed by atoms with Gasteiger partial charge in [0.1, 0.15) is 6.61 Å². The van der Waals surface area contributed by atoms with Gasteiger partial charge in [-0.05, 0) is 19.0 Å². The lowest BCUT2D eigenvalue weighted by molar-refractivity contribution is 0.0793. The number of nitrogens with one attached hydrogen (secondary N) is 1. The Balaban J connectivity index is 2.40. The van der Waals surface area contributed by atoms with Crippen LogP contribution in [0.2, 0.25) is 0 Å². The highest BCUT2D eigenvalue weighted by Crippen LogP contribution is 2.16. The molecule has 0 saturated heterocycles. The molecule has 1 N–H and O–H groups in total. The van der Waals surface area contributed by atoms with E-state index in [0.29, 0.717) is 37.8 Å². The molecule has 1 aromatic rings. The molecule has 1 heterocycles. The first-order valence-corrected chi connectivity index (χ1v) is 6.13. The van der Waals surface area contributed by atoms with Crippen LogP contribution in [0.5, 0.6) is 5.88 Å². The third-order valence-electron chi connectivity index (χ3n) is 2.22. The van der Waals surface area contributed by atoms with Crippen molar-refractivity contribution in [2.75, 3.05) is 26.9 Å². The van der Waals surface area contributed by atoms with Gasteiger partial charge < -0.3 is 14.8 Å². The number of ether oxygens (including phenoxy) is 2. The monoisotopic (exact) mass is 256 g/mol. The third-order valence-corrected chi connectivity index (χ3v) is 2.22. The molecule has 0 bridgehead atoms. The highest BCUT2D eigenvalue weighted by Gasteiger charge is 2.09. The number of hydrogen-bond donors (Lipinski definition) is 1. The van der Waals surface area contributed by atoms with Crippen molar-refractivity contribution in [3.8, 4) is 5.88 Å². The first-order chi connectivity index (χ1) is 8.65. The van der Waals surface area contributed by atoms with Crippen molar-refractivity contribution in [2.45, 2.75) is 20.4 Å². The van der Waals surface area contributed by atoms with Gasteiger partial charge in [-0.15, -0.1) is 0 Å². The molecule has 1 rings (SSSR count). The predicted octanol–water partition coefficient (Wildman–Crippen LogP) is 1.99. The topological polar surface area (TPSA) is 43.4 Å². The molecule has 0 aliphatic heterocycles. The Morgan fingerprint density at radius 1 is 1.39 bits per heavy atom. The lowest BCUT2D eigenvalue weighted by Crippen LogP contribution is -2.13. The molecule has 0 aliphatic rings. The number of hydrogen-bond acceptors (Lipinski definition) is 4. The highest BCUT2D eigenvalue weighted by atomic mass is 19.1. The smallest absolute Gasteiger partial charge is 0.250 e. The molecule has 0 aliphatic carbocycles. The van der Waals surface area contributed by atoms with Crippen molar-refractivity contribution in [1.29, 1.82) is 0 Å². The molecule has 0 aromatic carbocycles. The average Bonchev–Trinajstić information content (AvgIpc) is 2.33. The van der Waals surface area contributed by atoms with Gasteiger partial charge in [0.05, 0.1) is 6.61 Å². The van der Waals surface area contributed by atoms with E-state index in [0.717, 1.165) is 0 Å². The lowest BCUT2D eigenvalue weighted by Gasteiger charge is -2.10. The molecular formula is C13H21FN2O2. The molecule has 0 atom stereocenters. The van der Waals surface area contributed by atoms with Crippen molar-refractivity contribution < 1.29 is 13.9 Å². The van der Waals surface area contributed by atoms with Crippen LogP contribution in [0.4, 0.5) is 4.39 Å². The summed E-state index contributed by atoms with van der Waals surface area (Å²) in [5.41, 5.74) is 0.547. The summed E-state index contributed by atoms with van der Waals surface area (Å²) in [6.45, 7) is 6.02. The molecule has 0 fully saturated rings. The number of nitrogens with zero attached hydrogens (tertiary/aromatic N) is 1. The summed E-state index contributed by atoms with van der Waals surface area (Å²) >= 11 is 0. The Bertz CT molecular complexity index is 359. The van der Waals surface area contributed by atoms with E-state index in [1.165, 1.54) is 0 Å². The van der Waals surface area contributed by atoms with Crippen LogP contribution in [-0.4, -0.2) is 31.9 Å². The van der Waals surface area contributed by atoms with Gasteiger partial charge in [0, 0.05) is 24.9 Å². The predicted molar refractivity (Wildman–Crippen MR) is 68.1 cm³/mol. The standard InChI is InChI=1S/C13H21FN2O2/c1-10(2)9-17-6-7-18-13-12(14)11(8-15-3)4-5-16-13/h4-5,10,15H,6-9H2,1-3H3. The van der Waals surface area contributed by atoms with E-state index in [2.05, 4.69) is 24.1 Å². The van der Waals surface area contributed by atoms with Gasteiger partial charge in [0.15, 0.2) is 5.82 Å².